The van der Waals surface area contributed by atoms with Gasteiger partial charge in [-0.3, -0.25) is 0 Å². The van der Waals surface area contributed by atoms with Gasteiger partial charge in [-0.05, 0) is 43.7 Å². The minimum Gasteiger partial charge on any atom is -0.381 e. The summed E-state index contributed by atoms with van der Waals surface area (Å²) in [5.41, 5.74) is 7.36. The standard InChI is InChI=1S/C20H24ClNO3S/c1-3-25-13-20(12-22)18(15-5-4-6-16(21)11-15)19(20)26(23,24)17-9-7-14(2)8-10-17/h4-11,18-19H,3,12-13,22H2,1-2H3/t18-,19+,20-/m1/s1. The fourth-order valence-corrected chi connectivity index (χ4v) is 6.43. The Labute approximate surface area is 160 Å². The van der Waals surface area contributed by atoms with Gasteiger partial charge in [0.2, 0.25) is 0 Å². The lowest BCUT2D eigenvalue weighted by atomic mass is 10.00. The van der Waals surface area contributed by atoms with Gasteiger partial charge in [-0.25, -0.2) is 8.42 Å². The van der Waals surface area contributed by atoms with Crippen molar-refractivity contribution in [2.75, 3.05) is 19.8 Å². The largest absolute Gasteiger partial charge is 0.381 e. The Kier molecular flexibility index (Phi) is 5.45. The molecule has 3 rings (SSSR count). The molecular weight excluding hydrogens is 370 g/mol. The first kappa shape index (κ1) is 19.4. The van der Waals surface area contributed by atoms with Gasteiger partial charge in [0.1, 0.15) is 0 Å². The first-order chi connectivity index (χ1) is 12.4. The van der Waals surface area contributed by atoms with Crippen LogP contribution in [0.2, 0.25) is 5.02 Å². The van der Waals surface area contributed by atoms with E-state index in [9.17, 15) is 8.42 Å². The van der Waals surface area contributed by atoms with Crippen LogP contribution in [-0.2, 0) is 14.6 Å². The van der Waals surface area contributed by atoms with Crippen LogP contribution in [0.25, 0.3) is 0 Å². The van der Waals surface area contributed by atoms with Crippen LogP contribution in [0.4, 0.5) is 0 Å². The van der Waals surface area contributed by atoms with Gasteiger partial charge in [-0.1, -0.05) is 41.4 Å². The van der Waals surface area contributed by atoms with E-state index < -0.39 is 20.5 Å². The molecule has 0 amide bonds. The second-order valence-electron chi connectivity index (χ2n) is 6.89. The summed E-state index contributed by atoms with van der Waals surface area (Å²) in [7, 11) is -3.55. The molecule has 0 aromatic heterocycles. The van der Waals surface area contributed by atoms with Crippen LogP contribution in [0, 0.1) is 12.3 Å². The molecule has 4 nitrogen and oxygen atoms in total. The molecule has 2 N–H and O–H groups in total. The Hall–Kier alpha value is -1.40. The van der Waals surface area contributed by atoms with Crippen LogP contribution in [0.15, 0.2) is 53.4 Å². The van der Waals surface area contributed by atoms with Crippen LogP contribution >= 0.6 is 11.6 Å². The molecule has 2 aromatic rings. The number of benzene rings is 2. The summed E-state index contributed by atoms with van der Waals surface area (Å²) in [4.78, 5) is 0.326. The molecule has 26 heavy (non-hydrogen) atoms. The second-order valence-corrected chi connectivity index (χ2v) is 9.39. The lowest BCUT2D eigenvalue weighted by Crippen LogP contribution is -2.29. The Bertz CT molecular complexity index is 882. The molecule has 0 spiro atoms. The van der Waals surface area contributed by atoms with E-state index in [2.05, 4.69) is 0 Å². The van der Waals surface area contributed by atoms with Crippen LogP contribution in [0.1, 0.15) is 24.0 Å². The van der Waals surface area contributed by atoms with Crippen LogP contribution < -0.4 is 5.73 Å². The van der Waals surface area contributed by atoms with E-state index in [1.165, 1.54) is 0 Å². The first-order valence-electron chi connectivity index (χ1n) is 8.70. The maximum atomic E-state index is 13.4. The van der Waals surface area contributed by atoms with E-state index in [0.29, 0.717) is 23.1 Å². The van der Waals surface area contributed by atoms with Crippen molar-refractivity contribution in [3.05, 3.63) is 64.7 Å². The van der Waals surface area contributed by atoms with E-state index in [0.717, 1.165) is 11.1 Å². The maximum absolute atomic E-state index is 13.4. The third kappa shape index (κ3) is 3.29. The zero-order valence-corrected chi connectivity index (χ0v) is 16.6. The molecule has 1 saturated carbocycles. The molecule has 3 atom stereocenters. The van der Waals surface area contributed by atoms with Crippen molar-refractivity contribution >= 4 is 21.4 Å². The monoisotopic (exact) mass is 393 g/mol. The minimum absolute atomic E-state index is 0.232. The molecule has 1 fully saturated rings. The van der Waals surface area contributed by atoms with Gasteiger partial charge in [0.25, 0.3) is 0 Å². The smallest absolute Gasteiger partial charge is 0.182 e. The summed E-state index contributed by atoms with van der Waals surface area (Å²) in [5.74, 6) is -0.232. The molecule has 0 saturated heterocycles. The number of rotatable bonds is 7. The Morgan fingerprint density at radius 2 is 1.88 bits per heavy atom. The number of sulfone groups is 1. The van der Waals surface area contributed by atoms with Crippen molar-refractivity contribution in [3.63, 3.8) is 0 Å². The summed E-state index contributed by atoms with van der Waals surface area (Å²) in [6, 6.07) is 14.3. The zero-order chi connectivity index (χ0) is 18.9. The topological polar surface area (TPSA) is 69.4 Å². The third-order valence-electron chi connectivity index (χ3n) is 5.23. The number of halogens is 1. The fraction of sp³-hybridized carbons (Fsp3) is 0.400. The van der Waals surface area contributed by atoms with Crippen molar-refractivity contribution < 1.29 is 13.2 Å². The molecule has 1 aliphatic carbocycles. The predicted octanol–water partition coefficient (Wildman–Crippen LogP) is 3.57. The van der Waals surface area contributed by atoms with Gasteiger partial charge in [0.15, 0.2) is 9.84 Å². The van der Waals surface area contributed by atoms with E-state index in [4.69, 9.17) is 22.1 Å². The molecule has 0 radical (unpaired) electrons. The molecule has 1 aliphatic rings. The quantitative estimate of drug-likeness (QED) is 0.780. The number of nitrogens with two attached hydrogens (primary N) is 1. The van der Waals surface area contributed by atoms with E-state index >= 15 is 0 Å². The maximum Gasteiger partial charge on any atom is 0.182 e. The summed E-state index contributed by atoms with van der Waals surface area (Å²) in [6.45, 7) is 4.89. The van der Waals surface area contributed by atoms with Crippen molar-refractivity contribution in [2.24, 2.45) is 11.1 Å². The molecular formula is C20H24ClNO3S. The summed E-state index contributed by atoms with van der Waals surface area (Å²) < 4.78 is 32.4. The normalized spacial score (nSPS) is 25.2. The second kappa shape index (κ2) is 7.31. The number of hydrogen-bond acceptors (Lipinski definition) is 4. The zero-order valence-electron chi connectivity index (χ0n) is 15.0. The molecule has 0 bridgehead atoms. The Balaban J connectivity index is 2.05. The molecule has 140 valence electrons. The summed E-state index contributed by atoms with van der Waals surface area (Å²) >= 11 is 6.14. The minimum atomic E-state index is -3.55. The average Bonchev–Trinajstić information content (AvgIpc) is 3.31. The Morgan fingerprint density at radius 1 is 1.19 bits per heavy atom. The molecule has 2 aromatic carbocycles. The number of hydrogen-bond donors (Lipinski definition) is 1. The molecule has 0 aliphatic heterocycles. The van der Waals surface area contributed by atoms with Crippen molar-refractivity contribution in [1.82, 2.24) is 0 Å². The third-order valence-corrected chi connectivity index (χ3v) is 7.80. The van der Waals surface area contributed by atoms with Gasteiger partial charge in [-0.2, -0.15) is 0 Å². The number of ether oxygens (including phenoxy) is 1. The van der Waals surface area contributed by atoms with Crippen molar-refractivity contribution in [2.45, 2.75) is 29.9 Å². The lowest BCUT2D eigenvalue weighted by Gasteiger charge is -2.16. The van der Waals surface area contributed by atoms with E-state index in [1.807, 2.05) is 44.2 Å². The SMILES string of the molecule is CCOC[C@]1(CN)[C@H](c2cccc(Cl)c2)[C@@H]1S(=O)(=O)c1ccc(C)cc1. The molecule has 6 heteroatoms. The predicted molar refractivity (Wildman–Crippen MR) is 104 cm³/mol. The fourth-order valence-electron chi connectivity index (χ4n) is 3.79. The molecule has 0 unspecified atom stereocenters. The van der Waals surface area contributed by atoms with E-state index in [1.54, 1.807) is 18.2 Å². The first-order valence-corrected chi connectivity index (χ1v) is 10.6. The van der Waals surface area contributed by atoms with Crippen LogP contribution in [0.5, 0.6) is 0 Å². The van der Waals surface area contributed by atoms with Gasteiger partial charge in [0.05, 0.1) is 16.8 Å². The van der Waals surface area contributed by atoms with Gasteiger partial charge in [0, 0.05) is 29.5 Å². The average molecular weight is 394 g/mol. The van der Waals surface area contributed by atoms with Gasteiger partial charge in [-0.15, -0.1) is 0 Å². The van der Waals surface area contributed by atoms with E-state index in [-0.39, 0.29) is 12.5 Å². The van der Waals surface area contributed by atoms with Crippen LogP contribution in [0.3, 0.4) is 0 Å². The van der Waals surface area contributed by atoms with Crippen molar-refractivity contribution in [1.29, 1.82) is 0 Å². The number of aryl methyl sites for hydroxylation is 1. The van der Waals surface area contributed by atoms with Crippen LogP contribution in [-0.4, -0.2) is 33.4 Å². The highest BCUT2D eigenvalue weighted by Gasteiger charge is 2.70. The van der Waals surface area contributed by atoms with Gasteiger partial charge >= 0.3 is 0 Å². The van der Waals surface area contributed by atoms with Crippen molar-refractivity contribution in [3.8, 4) is 0 Å². The summed E-state index contributed by atoms with van der Waals surface area (Å²) in [5, 5.41) is -0.0315. The highest BCUT2D eigenvalue weighted by atomic mass is 35.5. The highest BCUT2D eigenvalue weighted by molar-refractivity contribution is 7.92. The van der Waals surface area contributed by atoms with Gasteiger partial charge < -0.3 is 10.5 Å². The molecule has 0 heterocycles. The summed E-state index contributed by atoms with van der Waals surface area (Å²) in [6.07, 6.45) is 0. The Morgan fingerprint density at radius 3 is 2.46 bits per heavy atom. The lowest BCUT2D eigenvalue weighted by molar-refractivity contribution is 0.101. The highest BCUT2D eigenvalue weighted by Crippen LogP contribution is 2.63.